The number of carboxylic acid groups (broad SMARTS) is 1. The van der Waals surface area contributed by atoms with E-state index in [2.05, 4.69) is 46.4 Å². The third-order valence-electron chi connectivity index (χ3n) is 7.97. The van der Waals surface area contributed by atoms with E-state index in [1.165, 1.54) is 17.3 Å². The molecule has 0 radical (unpaired) electrons. The number of carboxylic acids is 1. The number of amides is 2. The van der Waals surface area contributed by atoms with Crippen LogP contribution in [0.2, 0.25) is 0 Å². The van der Waals surface area contributed by atoms with Crippen LogP contribution in [-0.2, 0) is 15.0 Å². The van der Waals surface area contributed by atoms with Gasteiger partial charge in [-0.1, -0.05) is 24.3 Å². The highest BCUT2D eigenvalue weighted by atomic mass is 19.4. The Labute approximate surface area is 224 Å². The first-order chi connectivity index (χ1) is 18.5. The van der Waals surface area contributed by atoms with Crippen molar-refractivity contribution in [2.24, 2.45) is 0 Å². The number of benzene rings is 1. The molecule has 1 spiro atoms. The molecule has 1 unspecified atom stereocenters. The Hall–Kier alpha value is -3.54. The molecule has 2 aromatic rings. The first-order valence-corrected chi connectivity index (χ1v) is 12.9. The predicted molar refractivity (Wildman–Crippen MR) is 135 cm³/mol. The van der Waals surface area contributed by atoms with Gasteiger partial charge in [-0.05, 0) is 54.8 Å². The summed E-state index contributed by atoms with van der Waals surface area (Å²) in [6.07, 6.45) is 1.49. The number of nitrogens with zero attached hydrogens (tertiary/aromatic N) is 5. The third-order valence-corrected chi connectivity index (χ3v) is 7.97. The van der Waals surface area contributed by atoms with Crippen molar-refractivity contribution in [1.29, 1.82) is 0 Å². The van der Waals surface area contributed by atoms with Gasteiger partial charge in [0.15, 0.2) is 0 Å². The minimum absolute atomic E-state index is 0.0304. The van der Waals surface area contributed by atoms with Crippen LogP contribution in [-0.4, -0.2) is 100 Å². The molecule has 1 aromatic heterocycles. The van der Waals surface area contributed by atoms with Crippen LogP contribution in [0.15, 0.2) is 42.7 Å². The van der Waals surface area contributed by atoms with E-state index in [0.29, 0.717) is 12.0 Å². The number of aliphatic carboxylic acids is 1. The first-order valence-electron chi connectivity index (χ1n) is 12.9. The second kappa shape index (κ2) is 11.7. The lowest BCUT2D eigenvalue weighted by atomic mass is 9.73. The van der Waals surface area contributed by atoms with Gasteiger partial charge in [0.2, 0.25) is 5.91 Å². The number of carbonyl (C=O) groups excluding carboxylic acids is 2. The Morgan fingerprint density at radius 3 is 2.21 bits per heavy atom. The van der Waals surface area contributed by atoms with Crippen molar-refractivity contribution in [3.05, 3.63) is 59.4 Å². The molecular weight excluding hydrogens is 515 g/mol. The molecular formula is C27H32F3N5O4. The van der Waals surface area contributed by atoms with E-state index < -0.39 is 12.1 Å². The zero-order valence-corrected chi connectivity index (χ0v) is 21.7. The lowest BCUT2D eigenvalue weighted by Crippen LogP contribution is -2.47. The number of fused-ring (bicyclic) bond motifs is 2. The van der Waals surface area contributed by atoms with Crippen LogP contribution in [0.1, 0.15) is 53.1 Å². The van der Waals surface area contributed by atoms with Crippen molar-refractivity contribution >= 4 is 17.8 Å². The lowest BCUT2D eigenvalue weighted by molar-refractivity contribution is -0.192. The minimum Gasteiger partial charge on any atom is -0.475 e. The molecule has 1 aliphatic carbocycles. The van der Waals surface area contributed by atoms with Crippen LogP contribution in [0.3, 0.4) is 0 Å². The molecule has 210 valence electrons. The van der Waals surface area contributed by atoms with Gasteiger partial charge in [-0.2, -0.15) is 23.4 Å². The van der Waals surface area contributed by atoms with Crippen molar-refractivity contribution < 1.29 is 32.7 Å². The van der Waals surface area contributed by atoms with Crippen molar-refractivity contribution in [3.63, 3.8) is 0 Å². The van der Waals surface area contributed by atoms with Gasteiger partial charge in [-0.15, -0.1) is 0 Å². The average molecular weight is 548 g/mol. The first kappa shape index (κ1) is 28.5. The molecule has 2 amide bonds. The number of piperazine rings is 1. The number of likely N-dealkylation sites (N-methyl/N-ethyl adjacent to an activating group) is 1. The molecule has 1 atom stereocenters. The zero-order valence-electron chi connectivity index (χ0n) is 21.7. The molecule has 1 aromatic carbocycles. The molecule has 5 rings (SSSR count). The standard InChI is InChI=1S/C25H31N5O2.C2HF3O2/c1-28-12-14-29(15-13-28)23(31)16-20-17-25(22-5-3-2-4-21(20)22)7-10-30(11-8-25)24(32)19-6-9-26-27-18-19;3-2(4,5)1(6)7/h2-6,9,18,20H,7-8,10-17H2,1H3;(H,6,7). The Morgan fingerprint density at radius 1 is 0.974 bits per heavy atom. The normalized spacial score (nSPS) is 20.7. The SMILES string of the molecule is CN1CCN(C(=O)CC2CC3(CCN(C(=O)c4ccnnc4)CC3)c3ccccc32)CC1.O=C(O)C(F)(F)F. The highest BCUT2D eigenvalue weighted by molar-refractivity contribution is 5.93. The molecule has 3 aliphatic rings. The minimum atomic E-state index is -5.08. The second-order valence-electron chi connectivity index (χ2n) is 10.4. The second-order valence-corrected chi connectivity index (χ2v) is 10.4. The highest BCUT2D eigenvalue weighted by Crippen LogP contribution is 2.52. The molecule has 9 nitrogen and oxygen atoms in total. The van der Waals surface area contributed by atoms with Crippen molar-refractivity contribution in [3.8, 4) is 0 Å². The van der Waals surface area contributed by atoms with E-state index >= 15 is 0 Å². The molecule has 12 heteroatoms. The smallest absolute Gasteiger partial charge is 0.475 e. The van der Waals surface area contributed by atoms with Gasteiger partial charge in [-0.25, -0.2) is 4.79 Å². The molecule has 2 saturated heterocycles. The number of carbonyl (C=O) groups is 3. The Balaban J connectivity index is 0.000000448. The summed E-state index contributed by atoms with van der Waals surface area (Å²) in [6, 6.07) is 10.4. The summed E-state index contributed by atoms with van der Waals surface area (Å²) in [5.41, 5.74) is 3.40. The monoisotopic (exact) mass is 547 g/mol. The maximum atomic E-state index is 13.1. The van der Waals surface area contributed by atoms with Gasteiger partial charge in [0.25, 0.3) is 5.91 Å². The van der Waals surface area contributed by atoms with E-state index in [1.807, 2.05) is 9.80 Å². The number of aromatic nitrogens is 2. The largest absolute Gasteiger partial charge is 0.490 e. The summed E-state index contributed by atoms with van der Waals surface area (Å²) >= 11 is 0. The molecule has 0 bridgehead atoms. The van der Waals surface area contributed by atoms with E-state index in [9.17, 15) is 22.8 Å². The van der Waals surface area contributed by atoms with Crippen molar-refractivity contribution in [2.75, 3.05) is 46.3 Å². The van der Waals surface area contributed by atoms with Gasteiger partial charge in [-0.3, -0.25) is 9.59 Å². The molecule has 2 fully saturated rings. The quantitative estimate of drug-likeness (QED) is 0.630. The van der Waals surface area contributed by atoms with E-state index in [1.54, 1.807) is 12.3 Å². The summed E-state index contributed by atoms with van der Waals surface area (Å²) in [6.45, 7) is 5.02. The fourth-order valence-electron chi connectivity index (χ4n) is 5.82. The summed E-state index contributed by atoms with van der Waals surface area (Å²) in [7, 11) is 2.11. The van der Waals surface area contributed by atoms with Crippen LogP contribution in [0.4, 0.5) is 13.2 Å². The Morgan fingerprint density at radius 2 is 1.62 bits per heavy atom. The number of piperidine rings is 1. The summed E-state index contributed by atoms with van der Waals surface area (Å²) < 4.78 is 31.7. The van der Waals surface area contributed by atoms with Crippen LogP contribution in [0, 0.1) is 0 Å². The van der Waals surface area contributed by atoms with Gasteiger partial charge in [0, 0.05) is 45.7 Å². The number of hydrogen-bond acceptors (Lipinski definition) is 6. The number of alkyl halides is 3. The van der Waals surface area contributed by atoms with E-state index in [4.69, 9.17) is 9.90 Å². The third kappa shape index (κ3) is 6.55. The van der Waals surface area contributed by atoms with Gasteiger partial charge in [0.1, 0.15) is 0 Å². The summed E-state index contributed by atoms with van der Waals surface area (Å²) in [4.78, 5) is 41.1. The highest BCUT2D eigenvalue weighted by Gasteiger charge is 2.46. The Bertz CT molecular complexity index is 1180. The lowest BCUT2D eigenvalue weighted by Gasteiger charge is -2.40. The molecule has 3 heterocycles. The van der Waals surface area contributed by atoms with Gasteiger partial charge >= 0.3 is 12.1 Å². The Kier molecular flexibility index (Phi) is 8.53. The summed E-state index contributed by atoms with van der Waals surface area (Å²) in [5.74, 6) is -2.17. The zero-order chi connectivity index (χ0) is 28.2. The van der Waals surface area contributed by atoms with Gasteiger partial charge < -0.3 is 19.8 Å². The van der Waals surface area contributed by atoms with Crippen LogP contribution in [0.25, 0.3) is 0 Å². The predicted octanol–water partition coefficient (Wildman–Crippen LogP) is 2.94. The van der Waals surface area contributed by atoms with E-state index in [-0.39, 0.29) is 23.1 Å². The number of likely N-dealkylation sites (tertiary alicyclic amines) is 1. The van der Waals surface area contributed by atoms with Crippen LogP contribution < -0.4 is 0 Å². The number of halogens is 3. The van der Waals surface area contributed by atoms with Crippen molar-refractivity contribution in [2.45, 2.75) is 43.2 Å². The van der Waals surface area contributed by atoms with Crippen molar-refractivity contribution in [1.82, 2.24) is 24.9 Å². The number of hydrogen-bond donors (Lipinski definition) is 1. The molecule has 2 aliphatic heterocycles. The molecule has 1 N–H and O–H groups in total. The molecule has 0 saturated carbocycles. The fraction of sp³-hybridized carbons (Fsp3) is 0.519. The topological polar surface area (TPSA) is 107 Å². The molecule has 39 heavy (non-hydrogen) atoms. The number of rotatable bonds is 3. The van der Waals surface area contributed by atoms with Crippen LogP contribution >= 0.6 is 0 Å². The maximum Gasteiger partial charge on any atom is 0.490 e. The maximum absolute atomic E-state index is 13.1. The van der Waals surface area contributed by atoms with E-state index in [0.717, 1.165) is 58.5 Å². The summed E-state index contributed by atoms with van der Waals surface area (Å²) in [5, 5.41) is 14.7. The average Bonchev–Trinajstić information content (AvgIpc) is 3.22. The van der Waals surface area contributed by atoms with Crippen LogP contribution in [0.5, 0.6) is 0 Å². The fourth-order valence-corrected chi connectivity index (χ4v) is 5.82. The van der Waals surface area contributed by atoms with Gasteiger partial charge in [0.05, 0.1) is 18.0 Å².